The molecule has 0 radical (unpaired) electrons. The first-order valence-electron chi connectivity index (χ1n) is 5.12. The van der Waals surface area contributed by atoms with Crippen LogP contribution in [-0.4, -0.2) is 73.0 Å². The molecular weight excluding hydrogens is 318 g/mol. The van der Waals surface area contributed by atoms with Gasteiger partial charge in [-0.1, -0.05) is 0 Å². The van der Waals surface area contributed by atoms with Gasteiger partial charge in [-0.2, -0.15) is 8.61 Å². The van der Waals surface area contributed by atoms with Gasteiger partial charge in [0.1, 0.15) is 6.17 Å². The fraction of sp³-hybridized carbons (Fsp3) is 0.833. The maximum absolute atomic E-state index is 11.6. The van der Waals surface area contributed by atoms with Crippen LogP contribution in [0, 0.1) is 10.1 Å². The van der Waals surface area contributed by atoms with Crippen molar-refractivity contribution in [3.8, 4) is 0 Å². The molecule has 20 heavy (non-hydrogen) atoms. The molecular formula is C6H11N5O7S2. The van der Waals surface area contributed by atoms with E-state index < -0.39 is 50.1 Å². The predicted octanol–water partition coefficient (Wildman–Crippen LogP) is -2.65. The summed E-state index contributed by atoms with van der Waals surface area (Å²) in [5.41, 5.74) is 0. The summed E-state index contributed by atoms with van der Waals surface area (Å²) in [5, 5.41) is 11.9. The molecule has 2 heterocycles. The lowest BCUT2D eigenvalue weighted by molar-refractivity contribution is -0.641. The Balaban J connectivity index is 2.54. The van der Waals surface area contributed by atoms with Crippen LogP contribution in [0.25, 0.3) is 0 Å². The lowest BCUT2D eigenvalue weighted by Gasteiger charge is -2.20. The van der Waals surface area contributed by atoms with Gasteiger partial charge in [-0.3, -0.25) is 0 Å². The number of nitrogens with zero attached hydrogens (tertiary/aromatic N) is 4. The Kier molecular flexibility index (Phi) is 3.16. The number of sulfonamides is 2. The molecule has 0 spiro atoms. The number of carbonyl (C=O) groups excluding carboxylic acids is 1. The highest BCUT2D eigenvalue weighted by Gasteiger charge is 2.61. The van der Waals surface area contributed by atoms with Crippen LogP contribution in [0.5, 0.6) is 0 Å². The van der Waals surface area contributed by atoms with Gasteiger partial charge in [0.05, 0.1) is 19.2 Å². The number of nitro groups is 1. The Labute approximate surface area is 114 Å². The van der Waals surface area contributed by atoms with Crippen LogP contribution >= 0.6 is 0 Å². The van der Waals surface area contributed by atoms with Crippen LogP contribution in [0.15, 0.2) is 0 Å². The smallest absolute Gasteiger partial charge is 0.313 e. The van der Waals surface area contributed by atoms with Crippen molar-refractivity contribution >= 4 is 26.1 Å². The molecule has 2 aliphatic rings. The van der Waals surface area contributed by atoms with E-state index in [1.54, 1.807) is 0 Å². The van der Waals surface area contributed by atoms with Crippen molar-refractivity contribution in [1.82, 2.24) is 18.9 Å². The lowest BCUT2D eigenvalue weighted by atomic mass is 10.4. The summed E-state index contributed by atoms with van der Waals surface area (Å²) >= 11 is 0. The Hall–Kier alpha value is -1.51. The molecule has 0 unspecified atom stereocenters. The third-order valence-electron chi connectivity index (χ3n) is 2.92. The van der Waals surface area contributed by atoms with E-state index in [2.05, 4.69) is 5.32 Å². The van der Waals surface area contributed by atoms with Gasteiger partial charge in [0.15, 0.2) is 5.03 Å². The number of rotatable bonds is 3. The van der Waals surface area contributed by atoms with Crippen molar-refractivity contribution in [3.05, 3.63) is 10.1 Å². The second kappa shape index (κ2) is 4.24. The number of hydrogen-bond donors (Lipinski definition) is 1. The molecule has 2 rings (SSSR count). The van der Waals surface area contributed by atoms with Crippen molar-refractivity contribution in [1.29, 1.82) is 0 Å². The highest BCUT2D eigenvalue weighted by molar-refractivity contribution is 7.89. The average Bonchev–Trinajstić information content (AvgIpc) is 2.68. The maximum Gasteiger partial charge on any atom is 0.378 e. The summed E-state index contributed by atoms with van der Waals surface area (Å²) in [7, 11) is -7.81. The number of fused-ring (bicyclic) bond motifs is 1. The first-order valence-corrected chi connectivity index (χ1v) is 8.82. The fourth-order valence-corrected chi connectivity index (χ4v) is 4.03. The van der Waals surface area contributed by atoms with E-state index in [1.807, 2.05) is 0 Å². The second-order valence-corrected chi connectivity index (χ2v) is 8.20. The zero-order chi connectivity index (χ0) is 15.5. The van der Waals surface area contributed by atoms with Gasteiger partial charge in [0.2, 0.25) is 26.2 Å². The SMILES string of the molecule is CS(=O)(=O)N1CN(S(C)(=O)=O)[C@@H]2[C@H]1NC(=O)N2[N+](=O)[O-]. The maximum atomic E-state index is 11.6. The topological polar surface area (TPSA) is 150 Å². The lowest BCUT2D eigenvalue weighted by Crippen LogP contribution is -2.49. The van der Waals surface area contributed by atoms with Gasteiger partial charge in [0, 0.05) is 0 Å². The van der Waals surface area contributed by atoms with Crippen LogP contribution < -0.4 is 5.32 Å². The van der Waals surface area contributed by atoms with Crippen molar-refractivity contribution in [3.63, 3.8) is 0 Å². The molecule has 14 heteroatoms. The fourth-order valence-electron chi connectivity index (χ4n) is 2.11. The Bertz CT molecular complexity index is 672. The standard InChI is InChI=1S/C6H11N5O7S2/c1-19(15,16)8-3-9(20(2,17)18)5-4(8)7-6(12)10(5)11(13)14/h4-5H,3H2,1-2H3,(H,7,12)/t4-,5-/m0/s1. The second-order valence-electron chi connectivity index (χ2n) is 4.33. The quantitative estimate of drug-likeness (QED) is 0.438. The van der Waals surface area contributed by atoms with E-state index in [1.165, 1.54) is 0 Å². The van der Waals surface area contributed by atoms with Crippen LogP contribution in [0.2, 0.25) is 0 Å². The number of hydrazine groups is 1. The molecule has 1 N–H and O–H groups in total. The molecule has 0 aromatic heterocycles. The first kappa shape index (κ1) is 14.9. The minimum atomic E-state index is -3.95. The summed E-state index contributed by atoms with van der Waals surface area (Å²) in [6, 6.07) is -1.17. The third kappa shape index (κ3) is 2.19. The predicted molar refractivity (Wildman–Crippen MR) is 63.2 cm³/mol. The molecule has 2 fully saturated rings. The van der Waals surface area contributed by atoms with E-state index in [0.29, 0.717) is 8.61 Å². The number of carbonyl (C=O) groups is 1. The molecule has 2 amide bonds. The monoisotopic (exact) mass is 329 g/mol. The van der Waals surface area contributed by atoms with Crippen LogP contribution in [0.1, 0.15) is 0 Å². The van der Waals surface area contributed by atoms with Gasteiger partial charge in [-0.15, -0.1) is 0 Å². The molecule has 2 atom stereocenters. The van der Waals surface area contributed by atoms with Crippen molar-refractivity contribution in [2.24, 2.45) is 0 Å². The zero-order valence-corrected chi connectivity index (χ0v) is 12.0. The number of amides is 2. The number of urea groups is 1. The van der Waals surface area contributed by atoms with Crippen LogP contribution in [0.3, 0.4) is 0 Å². The highest BCUT2D eigenvalue weighted by Crippen LogP contribution is 2.30. The van der Waals surface area contributed by atoms with E-state index in [-0.39, 0.29) is 5.01 Å². The summed E-state index contributed by atoms with van der Waals surface area (Å²) in [6.45, 7) is -0.600. The zero-order valence-electron chi connectivity index (χ0n) is 10.3. The van der Waals surface area contributed by atoms with E-state index in [4.69, 9.17) is 0 Å². The minimum Gasteiger partial charge on any atom is -0.313 e. The Morgan fingerprint density at radius 1 is 1.20 bits per heavy atom. The molecule has 2 saturated heterocycles. The van der Waals surface area contributed by atoms with E-state index in [9.17, 15) is 31.7 Å². The van der Waals surface area contributed by atoms with Crippen molar-refractivity contribution in [2.75, 3.05) is 19.2 Å². The summed E-state index contributed by atoms with van der Waals surface area (Å²) in [6.07, 6.45) is -1.30. The third-order valence-corrected chi connectivity index (χ3v) is 5.30. The van der Waals surface area contributed by atoms with Crippen molar-refractivity contribution < 1.29 is 26.7 Å². The summed E-state index contributed by atoms with van der Waals surface area (Å²) < 4.78 is 47.7. The minimum absolute atomic E-state index is 0.0664. The van der Waals surface area contributed by atoms with Gasteiger partial charge in [-0.05, 0) is 5.01 Å². The number of hydrogen-bond acceptors (Lipinski definition) is 7. The van der Waals surface area contributed by atoms with Crippen molar-refractivity contribution in [2.45, 2.75) is 12.3 Å². The molecule has 0 saturated carbocycles. The number of nitrogens with one attached hydrogen (secondary N) is 1. The molecule has 114 valence electrons. The van der Waals surface area contributed by atoms with Crippen LogP contribution in [0.4, 0.5) is 4.79 Å². The average molecular weight is 329 g/mol. The largest absolute Gasteiger partial charge is 0.378 e. The molecule has 0 bridgehead atoms. The molecule has 0 aliphatic carbocycles. The molecule has 2 aliphatic heterocycles. The molecule has 0 aromatic rings. The Morgan fingerprint density at radius 2 is 1.70 bits per heavy atom. The first-order chi connectivity index (χ1) is 8.94. The highest BCUT2D eigenvalue weighted by atomic mass is 32.2. The summed E-state index contributed by atoms with van der Waals surface area (Å²) in [4.78, 5) is 22.4. The summed E-state index contributed by atoms with van der Waals surface area (Å²) in [5.74, 6) is 0. The van der Waals surface area contributed by atoms with Gasteiger partial charge >= 0.3 is 6.03 Å². The van der Waals surface area contributed by atoms with Gasteiger partial charge < -0.3 is 5.32 Å². The molecule has 0 aromatic carbocycles. The van der Waals surface area contributed by atoms with Gasteiger partial charge in [0.25, 0.3) is 0 Å². The van der Waals surface area contributed by atoms with Crippen LogP contribution in [-0.2, 0) is 20.0 Å². The van der Waals surface area contributed by atoms with E-state index in [0.717, 1.165) is 12.5 Å². The van der Waals surface area contributed by atoms with Gasteiger partial charge in [-0.25, -0.2) is 31.7 Å². The Morgan fingerprint density at radius 3 is 2.10 bits per heavy atom. The molecule has 12 nitrogen and oxygen atoms in total. The van der Waals surface area contributed by atoms with E-state index >= 15 is 0 Å². The normalized spacial score (nSPS) is 28.5.